The zero-order valence-corrected chi connectivity index (χ0v) is 9.59. The van der Waals surface area contributed by atoms with E-state index in [2.05, 4.69) is 20.4 Å². The van der Waals surface area contributed by atoms with Gasteiger partial charge < -0.3 is 14.6 Å². The molecule has 0 amide bonds. The van der Waals surface area contributed by atoms with Crippen molar-refractivity contribution in [3.8, 4) is 0 Å². The van der Waals surface area contributed by atoms with Gasteiger partial charge in [-0.15, -0.1) is 0 Å². The van der Waals surface area contributed by atoms with E-state index < -0.39 is 0 Å². The summed E-state index contributed by atoms with van der Waals surface area (Å²) in [6.07, 6.45) is 2.31. The lowest BCUT2D eigenvalue weighted by atomic mass is 10.3. The molecule has 0 aromatic carbocycles. The van der Waals surface area contributed by atoms with Crippen LogP contribution in [0.3, 0.4) is 0 Å². The maximum absolute atomic E-state index is 5.03. The molecule has 0 bridgehead atoms. The van der Waals surface area contributed by atoms with E-state index in [0.717, 1.165) is 5.69 Å². The van der Waals surface area contributed by atoms with Crippen LogP contribution in [-0.2, 0) is 11.2 Å². The van der Waals surface area contributed by atoms with Crippen LogP contribution >= 0.6 is 0 Å². The first-order valence-corrected chi connectivity index (χ1v) is 5.34. The van der Waals surface area contributed by atoms with Crippen molar-refractivity contribution in [2.75, 3.05) is 25.6 Å². The fourth-order valence-electron chi connectivity index (χ4n) is 1.32. The number of nitrogens with zero attached hydrogens (tertiary/aromatic N) is 3. The molecule has 2 heterocycles. The smallest absolute Gasteiger partial charge is 0.321 e. The van der Waals surface area contributed by atoms with Gasteiger partial charge in [-0.2, -0.15) is 4.98 Å². The van der Waals surface area contributed by atoms with E-state index >= 15 is 0 Å². The third-order valence-corrected chi connectivity index (χ3v) is 2.12. The molecule has 0 atom stereocenters. The molecule has 0 saturated heterocycles. The Labute approximate surface area is 99.0 Å². The van der Waals surface area contributed by atoms with Gasteiger partial charge in [0.1, 0.15) is 0 Å². The van der Waals surface area contributed by atoms with Crippen molar-refractivity contribution in [2.24, 2.45) is 0 Å². The summed E-state index contributed by atoms with van der Waals surface area (Å²) in [5, 5.41) is 6.83. The van der Waals surface area contributed by atoms with E-state index in [1.807, 2.05) is 18.2 Å². The predicted molar refractivity (Wildman–Crippen MR) is 61.7 cm³/mol. The molecule has 2 aromatic rings. The number of nitrogens with one attached hydrogen (secondary N) is 1. The van der Waals surface area contributed by atoms with E-state index in [1.165, 1.54) is 0 Å². The molecule has 0 radical (unpaired) electrons. The lowest BCUT2D eigenvalue weighted by Crippen LogP contribution is -2.07. The number of hydrogen-bond acceptors (Lipinski definition) is 6. The first-order chi connectivity index (χ1) is 8.38. The monoisotopic (exact) mass is 234 g/mol. The van der Waals surface area contributed by atoms with Gasteiger partial charge in [0.2, 0.25) is 0 Å². The molecule has 2 rings (SSSR count). The number of anilines is 1. The molecule has 0 aliphatic carbocycles. The molecule has 17 heavy (non-hydrogen) atoms. The fourth-order valence-corrected chi connectivity index (χ4v) is 1.32. The van der Waals surface area contributed by atoms with Gasteiger partial charge >= 0.3 is 6.01 Å². The molecule has 6 nitrogen and oxygen atoms in total. The maximum Gasteiger partial charge on any atom is 0.321 e. The van der Waals surface area contributed by atoms with Crippen LogP contribution < -0.4 is 5.32 Å². The van der Waals surface area contributed by atoms with Gasteiger partial charge in [0, 0.05) is 25.5 Å². The first-order valence-electron chi connectivity index (χ1n) is 5.34. The molecular formula is C11H14N4O2. The molecule has 0 aliphatic heterocycles. The van der Waals surface area contributed by atoms with E-state index in [-0.39, 0.29) is 0 Å². The van der Waals surface area contributed by atoms with Crippen LogP contribution in [0, 0.1) is 0 Å². The molecular weight excluding hydrogens is 220 g/mol. The van der Waals surface area contributed by atoms with E-state index in [4.69, 9.17) is 9.26 Å². The summed E-state index contributed by atoms with van der Waals surface area (Å²) in [6, 6.07) is 6.14. The summed E-state index contributed by atoms with van der Waals surface area (Å²) in [7, 11) is 1.64. The molecule has 0 spiro atoms. The second kappa shape index (κ2) is 5.95. The van der Waals surface area contributed by atoms with Crippen LogP contribution in [0.5, 0.6) is 0 Å². The van der Waals surface area contributed by atoms with Crippen LogP contribution in [0.4, 0.5) is 6.01 Å². The highest BCUT2D eigenvalue weighted by Crippen LogP contribution is 2.06. The van der Waals surface area contributed by atoms with Crippen molar-refractivity contribution in [1.82, 2.24) is 15.1 Å². The summed E-state index contributed by atoms with van der Waals surface area (Å²) < 4.78 is 9.93. The SMILES string of the molecule is COCCNc1nc(Cc2ccccn2)no1. The number of methoxy groups -OCH3 is 1. The number of pyridine rings is 1. The molecule has 0 aliphatic rings. The number of aromatic nitrogens is 3. The Morgan fingerprint density at radius 1 is 1.41 bits per heavy atom. The molecule has 2 aromatic heterocycles. The third kappa shape index (κ3) is 3.53. The third-order valence-electron chi connectivity index (χ3n) is 2.12. The minimum Gasteiger partial charge on any atom is -0.383 e. The highest BCUT2D eigenvalue weighted by molar-refractivity contribution is 5.19. The Bertz CT molecular complexity index is 444. The topological polar surface area (TPSA) is 73.1 Å². The molecule has 0 unspecified atom stereocenters. The van der Waals surface area contributed by atoms with Crippen LogP contribution in [0.1, 0.15) is 11.5 Å². The Kier molecular flexibility index (Phi) is 4.04. The Morgan fingerprint density at radius 3 is 3.12 bits per heavy atom. The zero-order chi connectivity index (χ0) is 11.9. The summed E-state index contributed by atoms with van der Waals surface area (Å²) in [4.78, 5) is 8.39. The lowest BCUT2D eigenvalue weighted by Gasteiger charge is -1.97. The fraction of sp³-hybridized carbons (Fsp3) is 0.364. The highest BCUT2D eigenvalue weighted by Gasteiger charge is 2.06. The van der Waals surface area contributed by atoms with E-state index in [1.54, 1.807) is 13.3 Å². The summed E-state index contributed by atoms with van der Waals surface area (Å²) >= 11 is 0. The van der Waals surface area contributed by atoms with Gasteiger partial charge in [-0.3, -0.25) is 4.98 Å². The first kappa shape index (κ1) is 11.5. The minimum atomic E-state index is 0.410. The maximum atomic E-state index is 5.03. The van der Waals surface area contributed by atoms with E-state index in [0.29, 0.717) is 31.4 Å². The Hall–Kier alpha value is -1.95. The van der Waals surface area contributed by atoms with Crippen molar-refractivity contribution >= 4 is 6.01 Å². The predicted octanol–water partition coefficient (Wildman–Crippen LogP) is 1.11. The Morgan fingerprint density at radius 2 is 2.35 bits per heavy atom. The number of ether oxygens (including phenoxy) is 1. The second-order valence-electron chi connectivity index (χ2n) is 3.43. The van der Waals surface area contributed by atoms with Crippen molar-refractivity contribution < 1.29 is 9.26 Å². The zero-order valence-electron chi connectivity index (χ0n) is 9.59. The average molecular weight is 234 g/mol. The van der Waals surface area contributed by atoms with Crippen LogP contribution in [0.15, 0.2) is 28.9 Å². The Balaban J connectivity index is 1.90. The minimum absolute atomic E-state index is 0.410. The van der Waals surface area contributed by atoms with Crippen LogP contribution in [0.2, 0.25) is 0 Å². The quantitative estimate of drug-likeness (QED) is 0.755. The van der Waals surface area contributed by atoms with Gasteiger partial charge in [0.05, 0.1) is 13.0 Å². The van der Waals surface area contributed by atoms with Crippen molar-refractivity contribution in [3.63, 3.8) is 0 Å². The largest absolute Gasteiger partial charge is 0.383 e. The molecule has 0 saturated carbocycles. The average Bonchev–Trinajstić information content (AvgIpc) is 2.79. The molecule has 6 heteroatoms. The molecule has 1 N–H and O–H groups in total. The standard InChI is InChI=1S/C11H14N4O2/c1-16-7-6-13-11-14-10(15-17-11)8-9-4-2-3-5-12-9/h2-5H,6-8H2,1H3,(H,13,14,15). The van der Waals surface area contributed by atoms with Crippen LogP contribution in [-0.4, -0.2) is 35.4 Å². The van der Waals surface area contributed by atoms with Crippen molar-refractivity contribution in [3.05, 3.63) is 35.9 Å². The number of rotatable bonds is 6. The van der Waals surface area contributed by atoms with Crippen LogP contribution in [0.25, 0.3) is 0 Å². The van der Waals surface area contributed by atoms with Crippen molar-refractivity contribution in [1.29, 1.82) is 0 Å². The van der Waals surface area contributed by atoms with Gasteiger partial charge in [-0.1, -0.05) is 11.2 Å². The molecule has 90 valence electrons. The number of hydrogen-bond donors (Lipinski definition) is 1. The second-order valence-corrected chi connectivity index (χ2v) is 3.43. The summed E-state index contributed by atoms with van der Waals surface area (Å²) in [6.45, 7) is 1.24. The highest BCUT2D eigenvalue weighted by atomic mass is 16.5. The van der Waals surface area contributed by atoms with Gasteiger partial charge in [-0.05, 0) is 12.1 Å². The summed E-state index contributed by atoms with van der Waals surface area (Å²) in [5.41, 5.74) is 0.914. The van der Waals surface area contributed by atoms with Gasteiger partial charge in [-0.25, -0.2) is 0 Å². The van der Waals surface area contributed by atoms with E-state index in [9.17, 15) is 0 Å². The molecule has 0 fully saturated rings. The lowest BCUT2D eigenvalue weighted by molar-refractivity contribution is 0.210. The normalized spacial score (nSPS) is 10.4. The van der Waals surface area contributed by atoms with Crippen molar-refractivity contribution in [2.45, 2.75) is 6.42 Å². The van der Waals surface area contributed by atoms with Gasteiger partial charge in [0.25, 0.3) is 0 Å². The van der Waals surface area contributed by atoms with Gasteiger partial charge in [0.15, 0.2) is 5.82 Å². The summed E-state index contributed by atoms with van der Waals surface area (Å²) in [5.74, 6) is 0.614.